The van der Waals surface area contributed by atoms with Crippen LogP contribution in [0.2, 0.25) is 0 Å². The zero-order valence-corrected chi connectivity index (χ0v) is 32.8. The van der Waals surface area contributed by atoms with Gasteiger partial charge in [-0.1, -0.05) is 191 Å². The Labute approximate surface area is 335 Å². The largest absolute Gasteiger partial charge is 0.309 e. The third-order valence-corrected chi connectivity index (χ3v) is 13.1. The first-order valence-electron chi connectivity index (χ1n) is 20.2. The first kappa shape index (κ1) is 33.6. The molecule has 272 valence electrons. The summed E-state index contributed by atoms with van der Waals surface area (Å²) in [6.45, 7) is 9.52. The van der Waals surface area contributed by atoms with Gasteiger partial charge in [-0.05, 0) is 101 Å². The maximum atomic E-state index is 2.59. The molecule has 0 bridgehead atoms. The van der Waals surface area contributed by atoms with Gasteiger partial charge in [-0.2, -0.15) is 0 Å². The minimum Gasteiger partial charge on any atom is -0.309 e. The molecule has 0 atom stereocenters. The first-order chi connectivity index (χ1) is 27.8. The molecule has 1 heteroatoms. The van der Waals surface area contributed by atoms with E-state index in [1.165, 1.54) is 94.0 Å². The maximum absolute atomic E-state index is 2.59. The molecule has 9 aromatic rings. The van der Waals surface area contributed by atoms with Crippen LogP contribution in [0.15, 0.2) is 188 Å². The molecular weight excluding hydrogens is 687 g/mol. The summed E-state index contributed by atoms with van der Waals surface area (Å²) in [4.78, 5) is 2.59. The van der Waals surface area contributed by atoms with E-state index in [0.29, 0.717) is 0 Å². The van der Waals surface area contributed by atoms with E-state index in [0.717, 1.165) is 11.4 Å². The van der Waals surface area contributed by atoms with E-state index in [1.807, 2.05) is 0 Å². The first-order valence-corrected chi connectivity index (χ1v) is 20.2. The van der Waals surface area contributed by atoms with Gasteiger partial charge in [0.15, 0.2) is 0 Å². The molecule has 0 heterocycles. The molecule has 0 fully saturated rings. The molecule has 0 spiro atoms. The van der Waals surface area contributed by atoms with Crippen LogP contribution in [0.1, 0.15) is 49.9 Å². The van der Waals surface area contributed by atoms with Gasteiger partial charge in [-0.25, -0.2) is 0 Å². The Bertz CT molecular complexity index is 3080. The van der Waals surface area contributed by atoms with Gasteiger partial charge in [0.2, 0.25) is 0 Å². The van der Waals surface area contributed by atoms with Gasteiger partial charge < -0.3 is 4.90 Å². The van der Waals surface area contributed by atoms with Crippen LogP contribution < -0.4 is 4.90 Å². The molecule has 9 aromatic carbocycles. The molecule has 2 aliphatic carbocycles. The van der Waals surface area contributed by atoms with Crippen molar-refractivity contribution in [3.05, 3.63) is 210 Å². The maximum Gasteiger partial charge on any atom is 0.0546 e. The number of benzene rings is 9. The predicted molar refractivity (Wildman–Crippen MR) is 242 cm³/mol. The van der Waals surface area contributed by atoms with E-state index < -0.39 is 0 Å². The highest BCUT2D eigenvalue weighted by molar-refractivity contribution is 6.10. The van der Waals surface area contributed by atoms with E-state index in [9.17, 15) is 0 Å². The number of nitrogens with zero attached hydrogens (tertiary/aromatic N) is 1. The van der Waals surface area contributed by atoms with Crippen LogP contribution in [0, 0.1) is 0 Å². The monoisotopic (exact) mass is 729 g/mol. The quantitative estimate of drug-likeness (QED) is 0.170. The zero-order valence-electron chi connectivity index (χ0n) is 32.8. The van der Waals surface area contributed by atoms with E-state index >= 15 is 0 Å². The number of fused-ring (bicyclic) bond motifs is 8. The van der Waals surface area contributed by atoms with Gasteiger partial charge in [-0.3, -0.25) is 0 Å². The summed E-state index contributed by atoms with van der Waals surface area (Å²) in [6.07, 6.45) is 0. The molecule has 0 unspecified atom stereocenters. The van der Waals surface area contributed by atoms with Gasteiger partial charge in [-0.15, -0.1) is 0 Å². The average Bonchev–Trinajstić information content (AvgIpc) is 3.63. The highest BCUT2D eigenvalue weighted by atomic mass is 15.1. The van der Waals surface area contributed by atoms with Gasteiger partial charge in [0.05, 0.1) is 11.4 Å². The number of hydrogen-bond donors (Lipinski definition) is 0. The van der Waals surface area contributed by atoms with Crippen molar-refractivity contribution < 1.29 is 0 Å². The van der Waals surface area contributed by atoms with Crippen molar-refractivity contribution >= 4 is 38.6 Å². The lowest BCUT2D eigenvalue weighted by Gasteiger charge is -2.33. The summed E-state index contributed by atoms with van der Waals surface area (Å²) in [6, 6.07) is 70.3. The Morgan fingerprint density at radius 1 is 0.316 bits per heavy atom. The number of hydrogen-bond acceptors (Lipinski definition) is 1. The lowest BCUT2D eigenvalue weighted by atomic mass is 9.82. The highest BCUT2D eigenvalue weighted by Gasteiger charge is 2.39. The van der Waals surface area contributed by atoms with Crippen molar-refractivity contribution in [2.75, 3.05) is 4.90 Å². The second-order valence-corrected chi connectivity index (χ2v) is 16.9. The van der Waals surface area contributed by atoms with Gasteiger partial charge in [0.25, 0.3) is 0 Å². The van der Waals surface area contributed by atoms with E-state index in [1.54, 1.807) is 0 Å². The van der Waals surface area contributed by atoms with Crippen molar-refractivity contribution in [1.82, 2.24) is 0 Å². The third-order valence-electron chi connectivity index (χ3n) is 13.1. The van der Waals surface area contributed by atoms with Crippen molar-refractivity contribution in [2.45, 2.75) is 38.5 Å². The van der Waals surface area contributed by atoms with Crippen molar-refractivity contribution in [3.63, 3.8) is 0 Å². The highest BCUT2D eigenvalue weighted by Crippen LogP contribution is 2.57. The minimum absolute atomic E-state index is 0.140. The Morgan fingerprint density at radius 3 is 1.51 bits per heavy atom. The Kier molecular flexibility index (Phi) is 7.32. The van der Waals surface area contributed by atoms with E-state index in [2.05, 4.69) is 221 Å². The summed E-state index contributed by atoms with van der Waals surface area (Å²) < 4.78 is 0. The normalized spacial score (nSPS) is 14.2. The van der Waals surface area contributed by atoms with Crippen LogP contribution in [0.3, 0.4) is 0 Å². The molecule has 0 aromatic heterocycles. The van der Waals surface area contributed by atoms with E-state index in [-0.39, 0.29) is 10.8 Å². The molecule has 11 rings (SSSR count). The third kappa shape index (κ3) is 4.88. The summed E-state index contributed by atoms with van der Waals surface area (Å²) in [7, 11) is 0. The minimum atomic E-state index is -0.149. The average molecular weight is 730 g/mol. The van der Waals surface area contributed by atoms with Crippen molar-refractivity contribution in [1.29, 1.82) is 0 Å². The second-order valence-electron chi connectivity index (χ2n) is 16.9. The summed E-state index contributed by atoms with van der Waals surface area (Å²) in [5.74, 6) is 0. The Hall–Kier alpha value is -6.70. The number of anilines is 3. The predicted octanol–water partition coefficient (Wildman–Crippen LogP) is 15.4. The molecule has 1 nitrogen and oxygen atoms in total. The molecule has 0 saturated carbocycles. The van der Waals surface area contributed by atoms with Crippen LogP contribution in [0.5, 0.6) is 0 Å². The summed E-state index contributed by atoms with van der Waals surface area (Å²) >= 11 is 0. The molecule has 0 saturated heterocycles. The van der Waals surface area contributed by atoms with E-state index in [4.69, 9.17) is 0 Å². The van der Waals surface area contributed by atoms with Crippen molar-refractivity contribution in [3.8, 4) is 44.5 Å². The standard InChI is InChI=1S/C56H43N/c1-55(2)48-29-12-10-24-46(48)54-49(55)30-16-32-52(54)57(38-33-34-43-42-23-9-11-28-47(42)56(3,4)50(43)35-38)51-31-15-27-45(41-25-13-19-36-17-5-7-21-39(36)41)53(51)44-26-14-20-37-18-6-8-22-40(37)44/h5-35H,1-4H3. The van der Waals surface area contributed by atoms with Crippen molar-refractivity contribution in [2.24, 2.45) is 0 Å². The van der Waals surface area contributed by atoms with Crippen LogP contribution in [0.25, 0.3) is 66.1 Å². The lowest BCUT2D eigenvalue weighted by Crippen LogP contribution is -2.18. The van der Waals surface area contributed by atoms with Crippen LogP contribution >= 0.6 is 0 Å². The molecule has 2 aliphatic rings. The fourth-order valence-corrected chi connectivity index (χ4v) is 10.3. The fraction of sp³-hybridized carbons (Fsp3) is 0.107. The van der Waals surface area contributed by atoms with Crippen LogP contribution in [0.4, 0.5) is 17.1 Å². The summed E-state index contributed by atoms with van der Waals surface area (Å²) in [5, 5.41) is 4.96. The molecule has 0 aliphatic heterocycles. The Balaban J connectivity index is 1.27. The zero-order chi connectivity index (χ0) is 38.5. The molecule has 57 heavy (non-hydrogen) atoms. The Morgan fingerprint density at radius 2 is 0.772 bits per heavy atom. The molecule has 0 amide bonds. The van der Waals surface area contributed by atoms with Gasteiger partial charge >= 0.3 is 0 Å². The molecular formula is C56H43N. The van der Waals surface area contributed by atoms with Gasteiger partial charge in [0, 0.05) is 27.6 Å². The topological polar surface area (TPSA) is 3.24 Å². The molecule has 0 N–H and O–H groups in total. The second kappa shape index (κ2) is 12.4. The van der Waals surface area contributed by atoms with Crippen LogP contribution in [-0.4, -0.2) is 0 Å². The smallest absolute Gasteiger partial charge is 0.0546 e. The van der Waals surface area contributed by atoms with Gasteiger partial charge in [0.1, 0.15) is 0 Å². The van der Waals surface area contributed by atoms with Crippen LogP contribution in [-0.2, 0) is 10.8 Å². The fourth-order valence-electron chi connectivity index (χ4n) is 10.3. The lowest BCUT2D eigenvalue weighted by molar-refractivity contribution is 0.660. The molecule has 0 radical (unpaired) electrons. The summed E-state index contributed by atoms with van der Waals surface area (Å²) in [5.41, 5.74) is 18.8. The number of rotatable bonds is 5. The SMILES string of the molecule is CC1(C)c2ccccc2-c2ccc(N(c3cccc(-c4cccc5ccccc45)c3-c3cccc4ccccc34)c3cccc4c3-c3ccccc3C4(C)C)cc21.